The summed E-state index contributed by atoms with van der Waals surface area (Å²) < 4.78 is 1.32. The predicted molar refractivity (Wildman–Crippen MR) is 83.9 cm³/mol. The summed E-state index contributed by atoms with van der Waals surface area (Å²) in [7, 11) is 3.11. The highest BCUT2D eigenvalue weighted by Gasteiger charge is 2.19. The van der Waals surface area contributed by atoms with Gasteiger partial charge in [-0.25, -0.2) is 0 Å². The Balaban J connectivity index is -0.00000128. The molecule has 0 atom stereocenters. The molecule has 120 valence electrons. The van der Waals surface area contributed by atoms with Crippen LogP contribution in [0.3, 0.4) is 0 Å². The second-order valence-corrected chi connectivity index (χ2v) is 8.27. The number of nitrogens with zero attached hydrogens (tertiary/aromatic N) is 1. The first-order chi connectivity index (χ1) is 8.04. The van der Waals surface area contributed by atoms with Crippen LogP contribution in [0, 0.1) is 0 Å². The molecule has 0 aliphatic heterocycles. The maximum atomic E-state index is 2.48. The Hall–Kier alpha value is 1.27. The van der Waals surface area contributed by atoms with E-state index in [2.05, 4.69) is 33.4 Å². The highest BCUT2D eigenvalue weighted by atomic mass is 79.9. The molecular formula is C15H35Br2NS. The van der Waals surface area contributed by atoms with Crippen LogP contribution in [0.25, 0.3) is 0 Å². The molecule has 19 heavy (non-hydrogen) atoms. The predicted octanol–water partition coefficient (Wildman–Crippen LogP) is -2.30. The molecule has 0 saturated heterocycles. The lowest BCUT2D eigenvalue weighted by atomic mass is 10.2. The van der Waals surface area contributed by atoms with E-state index in [1.807, 2.05) is 0 Å². The van der Waals surface area contributed by atoms with Crippen molar-refractivity contribution in [3.05, 3.63) is 0 Å². The topological polar surface area (TPSA) is 0 Å². The number of hydrogen-bond donors (Lipinski definition) is 0. The van der Waals surface area contributed by atoms with E-state index < -0.39 is 0 Å². The van der Waals surface area contributed by atoms with E-state index in [4.69, 9.17) is 0 Å². The molecular weight excluding hydrogens is 386 g/mol. The van der Waals surface area contributed by atoms with Crippen LogP contribution < -0.4 is 34.0 Å². The van der Waals surface area contributed by atoms with Gasteiger partial charge in [0, 0.05) is 6.42 Å². The van der Waals surface area contributed by atoms with Gasteiger partial charge in [-0.15, -0.1) is 0 Å². The van der Waals surface area contributed by atoms with Gasteiger partial charge < -0.3 is 38.4 Å². The summed E-state index contributed by atoms with van der Waals surface area (Å²) in [4.78, 5) is 0. The van der Waals surface area contributed by atoms with Gasteiger partial charge in [-0.1, -0.05) is 26.7 Å². The van der Waals surface area contributed by atoms with Crippen molar-refractivity contribution in [2.75, 3.05) is 44.9 Å². The Kier molecular flexibility index (Phi) is 20.8. The zero-order chi connectivity index (χ0) is 13.1. The third-order valence-corrected chi connectivity index (χ3v) is 4.71. The van der Waals surface area contributed by atoms with E-state index in [0.717, 1.165) is 0 Å². The average Bonchev–Trinajstić information content (AvgIpc) is 2.30. The van der Waals surface area contributed by atoms with E-state index >= 15 is 0 Å². The molecule has 0 unspecified atom stereocenters. The highest BCUT2D eigenvalue weighted by molar-refractivity contribution is 7.95. The standard InChI is InChI=1S/C15H35NS.2BrH/c1-6-8-12-16(3,13-9-7-2)14-10-11-15-17(4)5;;/h6-15H2,1-5H3;2*1H/q+2;;/p-2. The minimum Gasteiger partial charge on any atom is -1.00 e. The smallest absolute Gasteiger partial charge is 0.107 e. The summed E-state index contributed by atoms with van der Waals surface area (Å²) >= 11 is 0. The lowest BCUT2D eigenvalue weighted by Gasteiger charge is -2.34. The summed E-state index contributed by atoms with van der Waals surface area (Å²) in [6.07, 6.45) is 13.1. The van der Waals surface area contributed by atoms with Crippen molar-refractivity contribution >= 4 is 10.9 Å². The van der Waals surface area contributed by atoms with Crippen LogP contribution in [0.1, 0.15) is 52.4 Å². The van der Waals surface area contributed by atoms with Gasteiger partial charge in [0.05, 0.1) is 39.2 Å². The molecule has 0 N–H and O–H groups in total. The van der Waals surface area contributed by atoms with Gasteiger partial charge in [0.25, 0.3) is 0 Å². The first-order valence-corrected chi connectivity index (χ1v) is 9.63. The van der Waals surface area contributed by atoms with Crippen molar-refractivity contribution in [1.29, 1.82) is 0 Å². The number of hydrogen-bond acceptors (Lipinski definition) is 0. The van der Waals surface area contributed by atoms with Crippen molar-refractivity contribution < 1.29 is 38.4 Å². The molecule has 0 saturated carbocycles. The summed E-state index contributed by atoms with van der Waals surface area (Å²) in [5, 5.41) is 0. The fourth-order valence-electron chi connectivity index (χ4n) is 2.30. The molecule has 0 fully saturated rings. The zero-order valence-corrected chi connectivity index (χ0v) is 17.7. The summed E-state index contributed by atoms with van der Waals surface area (Å²) in [6, 6.07) is 0. The first-order valence-electron chi connectivity index (χ1n) is 7.42. The van der Waals surface area contributed by atoms with Crippen LogP contribution >= 0.6 is 0 Å². The Labute approximate surface area is 146 Å². The van der Waals surface area contributed by atoms with Crippen molar-refractivity contribution in [3.8, 4) is 0 Å². The minimum absolute atomic E-state index is 0. The third-order valence-electron chi connectivity index (χ3n) is 3.60. The van der Waals surface area contributed by atoms with E-state index in [0.29, 0.717) is 10.9 Å². The summed E-state index contributed by atoms with van der Waals surface area (Å²) in [5.74, 6) is 1.43. The second-order valence-electron chi connectivity index (χ2n) is 5.89. The third kappa shape index (κ3) is 15.5. The quantitative estimate of drug-likeness (QED) is 0.200. The van der Waals surface area contributed by atoms with Gasteiger partial charge in [-0.05, 0) is 30.2 Å². The maximum absolute atomic E-state index is 2.48. The van der Waals surface area contributed by atoms with Crippen molar-refractivity contribution in [1.82, 2.24) is 0 Å². The molecule has 4 heteroatoms. The average molecular weight is 421 g/mol. The molecule has 0 aromatic heterocycles. The van der Waals surface area contributed by atoms with Gasteiger partial charge >= 0.3 is 0 Å². The Morgan fingerprint density at radius 2 is 1.16 bits per heavy atom. The van der Waals surface area contributed by atoms with Gasteiger partial charge in [0.15, 0.2) is 0 Å². The van der Waals surface area contributed by atoms with E-state index in [1.165, 1.54) is 68.4 Å². The summed E-state index contributed by atoms with van der Waals surface area (Å²) in [6.45, 7) is 8.80. The number of halogens is 2. The lowest BCUT2D eigenvalue weighted by Crippen LogP contribution is -3.00. The molecule has 0 aromatic rings. The van der Waals surface area contributed by atoms with Crippen LogP contribution in [0.2, 0.25) is 0 Å². The minimum atomic E-state index is 0. The molecule has 0 bridgehead atoms. The van der Waals surface area contributed by atoms with Crippen molar-refractivity contribution in [2.24, 2.45) is 0 Å². The van der Waals surface area contributed by atoms with Gasteiger partial charge in [0.2, 0.25) is 0 Å². The normalized spacial score (nSPS) is 11.1. The highest BCUT2D eigenvalue weighted by Crippen LogP contribution is 2.11. The molecule has 0 heterocycles. The second kappa shape index (κ2) is 15.7. The summed E-state index contributed by atoms with van der Waals surface area (Å²) in [5.41, 5.74) is 0. The monoisotopic (exact) mass is 419 g/mol. The fraction of sp³-hybridized carbons (Fsp3) is 1.00. The number of rotatable bonds is 11. The fourth-order valence-corrected chi connectivity index (χ4v) is 3.08. The molecule has 0 radical (unpaired) electrons. The van der Waals surface area contributed by atoms with E-state index in [9.17, 15) is 0 Å². The van der Waals surface area contributed by atoms with Crippen LogP contribution in [0.4, 0.5) is 0 Å². The van der Waals surface area contributed by atoms with Crippen LogP contribution in [0.5, 0.6) is 0 Å². The van der Waals surface area contributed by atoms with Gasteiger partial charge in [0.1, 0.15) is 5.75 Å². The number of quaternary nitrogens is 1. The molecule has 0 aliphatic rings. The van der Waals surface area contributed by atoms with Crippen molar-refractivity contribution in [3.63, 3.8) is 0 Å². The van der Waals surface area contributed by atoms with Crippen LogP contribution in [0.15, 0.2) is 0 Å². The largest absolute Gasteiger partial charge is 1.00 e. The van der Waals surface area contributed by atoms with Gasteiger partial charge in [-0.3, -0.25) is 0 Å². The Bertz CT molecular complexity index is 170. The number of unbranched alkanes of at least 4 members (excludes halogenated alkanes) is 3. The molecule has 0 amide bonds. The molecule has 0 aliphatic carbocycles. The Morgan fingerprint density at radius 3 is 1.53 bits per heavy atom. The van der Waals surface area contributed by atoms with Gasteiger partial charge in [-0.2, -0.15) is 0 Å². The Morgan fingerprint density at radius 1 is 0.737 bits per heavy atom. The van der Waals surface area contributed by atoms with E-state index in [1.54, 1.807) is 0 Å². The first kappa shape index (κ1) is 25.2. The maximum Gasteiger partial charge on any atom is 0.107 e. The van der Waals surface area contributed by atoms with E-state index in [-0.39, 0.29) is 34.0 Å². The van der Waals surface area contributed by atoms with Crippen LogP contribution in [-0.2, 0) is 10.9 Å². The lowest BCUT2D eigenvalue weighted by molar-refractivity contribution is -0.910. The SMILES string of the molecule is CCCC[N+](C)(CCCC)CCCC[S+](C)C.[Br-].[Br-]. The molecule has 1 nitrogen and oxygen atoms in total. The van der Waals surface area contributed by atoms with Crippen LogP contribution in [-0.4, -0.2) is 49.4 Å². The zero-order valence-electron chi connectivity index (χ0n) is 13.7. The molecule has 0 aromatic carbocycles. The molecule has 0 rings (SSSR count). The molecule has 0 spiro atoms. The van der Waals surface area contributed by atoms with Crippen molar-refractivity contribution in [2.45, 2.75) is 52.4 Å².